The second-order valence-electron chi connectivity index (χ2n) is 20.4. The topological polar surface area (TPSA) is 32.8 Å². The lowest BCUT2D eigenvalue weighted by molar-refractivity contribution is 0.669. The molecule has 0 bridgehead atoms. The van der Waals surface area contributed by atoms with Crippen LogP contribution in [-0.2, 0) is 0 Å². The molecule has 0 fully saturated rings. The summed E-state index contributed by atoms with van der Waals surface area (Å²) < 4.78 is 13.2. The third-order valence-corrected chi connectivity index (χ3v) is 15.5. The van der Waals surface area contributed by atoms with Crippen LogP contribution in [0, 0.1) is 41.5 Å². The molecule has 0 spiro atoms. The molecule has 0 aliphatic carbocycles. The first kappa shape index (κ1) is 43.7. The van der Waals surface area contributed by atoms with Crippen LogP contribution in [0.5, 0.6) is 0 Å². The number of furan rings is 2. The van der Waals surface area contributed by atoms with Crippen LogP contribution in [0.1, 0.15) is 33.4 Å². The maximum absolute atomic E-state index is 6.61. The number of para-hydroxylation sites is 4. The Morgan fingerprint density at radius 2 is 0.689 bits per heavy atom. The first-order valence-corrected chi connectivity index (χ1v) is 25.6. The Morgan fingerprint density at radius 1 is 0.311 bits per heavy atom. The van der Waals surface area contributed by atoms with Gasteiger partial charge in [-0.25, -0.2) is 0 Å². The van der Waals surface area contributed by atoms with Crippen LogP contribution in [0.15, 0.2) is 215 Å². The van der Waals surface area contributed by atoms with Crippen molar-refractivity contribution < 1.29 is 8.83 Å². The highest BCUT2D eigenvalue weighted by molar-refractivity contribution is 6.28. The summed E-state index contributed by atoms with van der Waals surface area (Å²) in [5.74, 6) is 0. The predicted molar refractivity (Wildman–Crippen MR) is 313 cm³/mol. The summed E-state index contributed by atoms with van der Waals surface area (Å²) in [5.41, 5.74) is 22.1. The van der Waals surface area contributed by atoms with Crippen molar-refractivity contribution in [2.45, 2.75) is 41.5 Å². The number of aryl methyl sites for hydroxylation is 6. The fraction of sp³-hybridized carbons (Fsp3) is 0.0857. The molecule has 4 heteroatoms. The summed E-state index contributed by atoms with van der Waals surface area (Å²) in [7, 11) is 0. The van der Waals surface area contributed by atoms with Crippen LogP contribution in [-0.4, -0.2) is 0 Å². The third-order valence-electron chi connectivity index (χ3n) is 15.5. The summed E-state index contributed by atoms with van der Waals surface area (Å²) >= 11 is 0. The van der Waals surface area contributed by atoms with Gasteiger partial charge in [0, 0.05) is 54.8 Å². The molecule has 0 N–H and O–H groups in total. The number of nitrogens with zero attached hydrogens (tertiary/aromatic N) is 2. The van der Waals surface area contributed by atoms with Crippen molar-refractivity contribution in [3.63, 3.8) is 0 Å². The molecular formula is C70H52N2O2. The number of hydrogen-bond donors (Lipinski definition) is 0. The molecule has 0 aliphatic rings. The first-order valence-electron chi connectivity index (χ1n) is 25.6. The molecule has 0 amide bonds. The first-order chi connectivity index (χ1) is 36.2. The van der Waals surface area contributed by atoms with Gasteiger partial charge in [-0.3, -0.25) is 0 Å². The quantitative estimate of drug-likeness (QED) is 0.142. The normalized spacial score (nSPS) is 11.9. The molecular weight excluding hydrogens is 901 g/mol. The summed E-state index contributed by atoms with van der Waals surface area (Å²) in [6, 6.07) is 75.5. The molecule has 0 unspecified atom stereocenters. The number of fused-ring (bicyclic) bond motifs is 6. The van der Waals surface area contributed by atoms with E-state index in [0.717, 1.165) is 88.9 Å². The van der Waals surface area contributed by atoms with Crippen LogP contribution in [0.25, 0.3) is 98.4 Å². The van der Waals surface area contributed by atoms with Crippen molar-refractivity contribution in [3.8, 4) is 22.3 Å². The van der Waals surface area contributed by atoms with Crippen LogP contribution in [0.3, 0.4) is 0 Å². The minimum atomic E-state index is 0.896. The van der Waals surface area contributed by atoms with E-state index in [1.807, 2.05) is 12.1 Å². The van der Waals surface area contributed by atoms with Gasteiger partial charge in [0.15, 0.2) is 0 Å². The van der Waals surface area contributed by atoms with Gasteiger partial charge in [-0.1, -0.05) is 169 Å². The lowest BCUT2D eigenvalue weighted by Gasteiger charge is -2.32. The largest absolute Gasteiger partial charge is 0.455 e. The number of anilines is 6. The fourth-order valence-electron chi connectivity index (χ4n) is 12.6. The summed E-state index contributed by atoms with van der Waals surface area (Å²) in [6.45, 7) is 13.4. The van der Waals surface area contributed by atoms with Crippen molar-refractivity contribution in [2.75, 3.05) is 9.80 Å². The smallest absolute Gasteiger partial charge is 0.143 e. The molecule has 12 aromatic carbocycles. The van der Waals surface area contributed by atoms with Crippen LogP contribution in [0.4, 0.5) is 34.1 Å². The van der Waals surface area contributed by atoms with Gasteiger partial charge in [0.1, 0.15) is 22.3 Å². The minimum Gasteiger partial charge on any atom is -0.455 e. The van der Waals surface area contributed by atoms with E-state index >= 15 is 0 Å². The van der Waals surface area contributed by atoms with Crippen molar-refractivity contribution in [2.24, 2.45) is 0 Å². The van der Waals surface area contributed by atoms with E-state index in [-0.39, 0.29) is 0 Å². The zero-order valence-corrected chi connectivity index (χ0v) is 42.3. The van der Waals surface area contributed by atoms with Crippen molar-refractivity contribution >= 4 is 110 Å². The van der Waals surface area contributed by atoms with Crippen LogP contribution < -0.4 is 9.80 Å². The Hall–Kier alpha value is -9.12. The van der Waals surface area contributed by atoms with Crippen LogP contribution >= 0.6 is 0 Å². The number of rotatable bonds is 8. The van der Waals surface area contributed by atoms with Crippen molar-refractivity contribution in [1.82, 2.24) is 0 Å². The van der Waals surface area contributed by atoms with E-state index in [1.54, 1.807) is 0 Å². The lowest BCUT2D eigenvalue weighted by Crippen LogP contribution is -2.14. The van der Waals surface area contributed by atoms with Gasteiger partial charge in [-0.15, -0.1) is 0 Å². The van der Waals surface area contributed by atoms with Gasteiger partial charge in [0.2, 0.25) is 0 Å². The monoisotopic (exact) mass is 952 g/mol. The van der Waals surface area contributed by atoms with E-state index < -0.39 is 0 Å². The summed E-state index contributed by atoms with van der Waals surface area (Å²) in [4.78, 5) is 5.00. The molecule has 74 heavy (non-hydrogen) atoms. The highest BCUT2D eigenvalue weighted by Gasteiger charge is 2.26. The van der Waals surface area contributed by atoms with Gasteiger partial charge >= 0.3 is 0 Å². The molecule has 354 valence electrons. The Balaban J connectivity index is 0.985. The standard InChI is InChI=1S/C70H52N2O2/c1-41-35-43(3)67(44(4)36-41)71(51-17-11-15-49(39-51)53-21-13-23-57-55-19-7-9-25-63(55)73-69(53)57)61-33-29-47-28-32-60-62(34-30-48-27-31-59(61)65(47)66(48)60)72(68-45(5)37-42(2)38-46(68)6)52-18-12-16-50(40-52)54-22-14-24-58-56-20-8-10-26-64(56)74-70(54)58/h7-40H,1-6H3. The van der Waals surface area contributed by atoms with E-state index in [0.29, 0.717) is 0 Å². The van der Waals surface area contributed by atoms with Crippen molar-refractivity contribution in [3.05, 3.63) is 240 Å². The fourth-order valence-corrected chi connectivity index (χ4v) is 12.6. The number of benzene rings is 12. The number of hydrogen-bond acceptors (Lipinski definition) is 4. The maximum atomic E-state index is 6.61. The average molecular weight is 953 g/mol. The molecule has 0 aliphatic heterocycles. The minimum absolute atomic E-state index is 0.896. The van der Waals surface area contributed by atoms with Crippen LogP contribution in [0.2, 0.25) is 0 Å². The van der Waals surface area contributed by atoms with Gasteiger partial charge < -0.3 is 18.6 Å². The molecule has 0 radical (unpaired) electrons. The Morgan fingerprint density at radius 3 is 1.12 bits per heavy atom. The SMILES string of the molecule is Cc1cc(C)c(N(c2cccc(-c3cccc4c3oc3ccccc34)c2)c2ccc3ccc4c(N(c5cccc(-c6cccc7c6oc6ccccc67)c5)c5c(C)cc(C)cc5C)ccc5ccc2c3c54)c(C)c1. The van der Waals surface area contributed by atoms with E-state index in [1.165, 1.54) is 77.1 Å². The second kappa shape index (κ2) is 16.7. The third kappa shape index (κ3) is 6.75. The molecule has 4 nitrogen and oxygen atoms in total. The van der Waals surface area contributed by atoms with Gasteiger partial charge in [-0.05, 0) is 145 Å². The molecule has 0 saturated carbocycles. The molecule has 14 aromatic rings. The summed E-state index contributed by atoms with van der Waals surface area (Å²) in [5, 5.41) is 11.8. The van der Waals surface area contributed by atoms with Gasteiger partial charge in [0.25, 0.3) is 0 Å². The molecule has 2 heterocycles. The van der Waals surface area contributed by atoms with Gasteiger partial charge in [-0.2, -0.15) is 0 Å². The zero-order chi connectivity index (χ0) is 49.9. The highest BCUT2D eigenvalue weighted by atomic mass is 16.3. The highest BCUT2D eigenvalue weighted by Crippen LogP contribution is 2.51. The molecule has 0 atom stereocenters. The predicted octanol–water partition coefficient (Wildman–Crippen LogP) is 20.5. The Bertz CT molecular complexity index is 4250. The average Bonchev–Trinajstić information content (AvgIpc) is 4.01. The molecule has 2 aromatic heterocycles. The zero-order valence-electron chi connectivity index (χ0n) is 42.3. The second-order valence-corrected chi connectivity index (χ2v) is 20.4. The Kier molecular flexibility index (Phi) is 9.87. The summed E-state index contributed by atoms with van der Waals surface area (Å²) in [6.07, 6.45) is 0. The van der Waals surface area contributed by atoms with E-state index in [4.69, 9.17) is 8.83 Å². The molecule has 0 saturated heterocycles. The van der Waals surface area contributed by atoms with Gasteiger partial charge in [0.05, 0.1) is 22.7 Å². The Labute approximate surface area is 430 Å². The molecule has 14 rings (SSSR count). The lowest BCUT2D eigenvalue weighted by atomic mass is 9.91. The van der Waals surface area contributed by atoms with Crippen molar-refractivity contribution in [1.29, 1.82) is 0 Å². The maximum Gasteiger partial charge on any atom is 0.143 e. The van der Waals surface area contributed by atoms with E-state index in [2.05, 4.69) is 245 Å². The van der Waals surface area contributed by atoms with E-state index in [9.17, 15) is 0 Å².